The van der Waals surface area contributed by atoms with Crippen LogP contribution in [0.2, 0.25) is 0 Å². The molecule has 3 fully saturated rings. The number of aromatic nitrogens is 2. The van der Waals surface area contributed by atoms with E-state index < -0.39 is 11.1 Å². The van der Waals surface area contributed by atoms with Crippen molar-refractivity contribution >= 4 is 96.0 Å². The highest BCUT2D eigenvalue weighted by molar-refractivity contribution is 9.11. The number of para-hydroxylation sites is 4. The summed E-state index contributed by atoms with van der Waals surface area (Å²) < 4.78 is 0.668. The molecule has 3 aliphatic heterocycles. The van der Waals surface area contributed by atoms with Gasteiger partial charge >= 0.3 is 0 Å². The molecule has 3 saturated heterocycles. The molecule has 5 heterocycles. The van der Waals surface area contributed by atoms with Gasteiger partial charge in [0.25, 0.3) is 11.8 Å². The molecule has 20 heteroatoms. The van der Waals surface area contributed by atoms with Crippen molar-refractivity contribution in [2.24, 2.45) is 11.5 Å². The first kappa shape index (κ1) is 43.4. The van der Waals surface area contributed by atoms with Gasteiger partial charge in [-0.05, 0) is 86.4 Å². The van der Waals surface area contributed by atoms with Gasteiger partial charge < -0.3 is 53.2 Å². The van der Waals surface area contributed by atoms with Crippen LogP contribution in [-0.2, 0) is 14.4 Å². The summed E-state index contributed by atoms with van der Waals surface area (Å²) in [5, 5.41) is 22.3. The standard InChI is InChI=1S/C22H29N7O3S.C17H20BrN5O2S/c1-24-22(20(23)32)8-10-29(11-9-22)17-5-3-2-4-15(17)27-19(31)16-13-33-21(28-16)26-14-6-7-18(30)25-12-14;1-20-17(15(19)25)6-8-23(9-7-17)13-5-3-2-4-11(13)21-14(24)12-10-26-16(18)22-12/h2-5,13-14,24H,6-12H2,1H3,(H2,23,32)(H,25,30)(H,26,28)(H,27,31);2-5,10,20H,6-9H2,1H3,(H2,19,25)(H,21,24)/t14-;/m0./s1. The molecule has 7 rings (SSSR count). The molecule has 1 atom stereocenters. The number of carbonyl (C=O) groups excluding carboxylic acids is 5. The molecule has 2 aromatic carbocycles. The summed E-state index contributed by atoms with van der Waals surface area (Å²) in [4.78, 5) is 73.2. The number of hydrogen-bond acceptors (Lipinski definition) is 14. The summed E-state index contributed by atoms with van der Waals surface area (Å²) in [5.74, 6) is -1.14. The lowest BCUT2D eigenvalue weighted by Gasteiger charge is -2.41. The minimum atomic E-state index is -0.695. The first-order chi connectivity index (χ1) is 28.3. The molecule has 5 amide bonds. The molecule has 2 aromatic heterocycles. The number of nitrogens with zero attached hydrogens (tertiary/aromatic N) is 4. The summed E-state index contributed by atoms with van der Waals surface area (Å²) in [6.07, 6.45) is 3.62. The number of anilines is 5. The van der Waals surface area contributed by atoms with Gasteiger partial charge in [0.05, 0.1) is 22.7 Å². The number of hydrogen-bond donors (Lipinski definition) is 8. The van der Waals surface area contributed by atoms with Crippen LogP contribution in [0, 0.1) is 0 Å². The SMILES string of the molecule is CNC1(C(N)=O)CCN(c2ccccc2NC(=O)c2csc(Br)n2)CC1.CNC1(C(N)=O)CCN(c2ccccc2NC(=O)c2csc(N[C@H]3CCC(=O)NC3)n2)CC1. The third-order valence-corrected chi connectivity index (χ3v) is 13.3. The van der Waals surface area contributed by atoms with E-state index in [2.05, 4.69) is 67.6 Å². The fraction of sp³-hybridized carbons (Fsp3) is 0.410. The number of carbonyl (C=O) groups is 5. The van der Waals surface area contributed by atoms with Crippen molar-refractivity contribution in [1.29, 1.82) is 0 Å². The zero-order valence-corrected chi connectivity index (χ0v) is 36.0. The van der Waals surface area contributed by atoms with Crippen molar-refractivity contribution in [3.05, 3.63) is 74.6 Å². The van der Waals surface area contributed by atoms with Crippen molar-refractivity contribution < 1.29 is 24.0 Å². The van der Waals surface area contributed by atoms with E-state index in [9.17, 15) is 24.0 Å². The second-order valence-electron chi connectivity index (χ2n) is 14.5. The Labute approximate surface area is 358 Å². The van der Waals surface area contributed by atoms with Gasteiger partial charge in [0.2, 0.25) is 17.7 Å². The second-order valence-corrected chi connectivity index (χ2v) is 17.5. The second kappa shape index (κ2) is 19.3. The van der Waals surface area contributed by atoms with E-state index in [1.54, 1.807) is 24.9 Å². The number of halogens is 1. The fourth-order valence-electron chi connectivity index (χ4n) is 7.41. The molecule has 10 N–H and O–H groups in total. The van der Waals surface area contributed by atoms with E-state index in [1.165, 1.54) is 22.7 Å². The quantitative estimate of drug-likeness (QED) is 0.102. The summed E-state index contributed by atoms with van der Waals surface area (Å²) >= 11 is 5.99. The minimum Gasteiger partial charge on any atom is -0.370 e. The third-order valence-electron chi connectivity index (χ3n) is 11.2. The van der Waals surface area contributed by atoms with E-state index in [-0.39, 0.29) is 35.6 Å². The Morgan fingerprint density at radius 1 is 0.763 bits per heavy atom. The Balaban J connectivity index is 0.000000204. The van der Waals surface area contributed by atoms with E-state index in [1.807, 2.05) is 48.5 Å². The van der Waals surface area contributed by atoms with Crippen molar-refractivity contribution in [2.75, 3.05) is 72.6 Å². The number of thiazole rings is 2. The smallest absolute Gasteiger partial charge is 0.275 e. The Morgan fingerprint density at radius 3 is 1.66 bits per heavy atom. The van der Waals surface area contributed by atoms with Crippen LogP contribution < -0.4 is 53.2 Å². The number of benzene rings is 2. The van der Waals surface area contributed by atoms with Crippen molar-refractivity contribution in [2.45, 2.75) is 55.6 Å². The molecule has 0 unspecified atom stereocenters. The van der Waals surface area contributed by atoms with Crippen molar-refractivity contribution in [1.82, 2.24) is 25.9 Å². The van der Waals surface area contributed by atoms with Gasteiger partial charge in [-0.1, -0.05) is 24.3 Å². The highest BCUT2D eigenvalue weighted by atomic mass is 79.9. The molecular weight excluding hydrogens is 861 g/mol. The monoisotopic (exact) mass is 908 g/mol. The van der Waals surface area contributed by atoms with E-state index >= 15 is 0 Å². The van der Waals surface area contributed by atoms with E-state index in [0.29, 0.717) is 91.0 Å². The highest BCUT2D eigenvalue weighted by Crippen LogP contribution is 2.33. The van der Waals surface area contributed by atoms with Crippen LogP contribution in [0.3, 0.4) is 0 Å². The summed E-state index contributed by atoms with van der Waals surface area (Å²) in [5.41, 5.74) is 13.8. The maximum Gasteiger partial charge on any atom is 0.275 e. The Morgan fingerprint density at radius 2 is 1.24 bits per heavy atom. The lowest BCUT2D eigenvalue weighted by Crippen LogP contribution is -2.59. The molecule has 17 nitrogen and oxygen atoms in total. The number of piperidine rings is 3. The Kier molecular flexibility index (Phi) is 14.2. The summed E-state index contributed by atoms with van der Waals surface area (Å²) in [6, 6.07) is 15.3. The van der Waals surface area contributed by atoms with Gasteiger partial charge in [0.1, 0.15) is 22.5 Å². The Hall–Kier alpha value is -5.15. The molecule has 0 bridgehead atoms. The highest BCUT2D eigenvalue weighted by Gasteiger charge is 2.40. The van der Waals surface area contributed by atoms with E-state index in [4.69, 9.17) is 11.5 Å². The summed E-state index contributed by atoms with van der Waals surface area (Å²) in [7, 11) is 3.52. The van der Waals surface area contributed by atoms with Gasteiger partial charge in [0, 0.05) is 55.9 Å². The van der Waals surface area contributed by atoms with Crippen LogP contribution in [0.1, 0.15) is 59.5 Å². The van der Waals surface area contributed by atoms with Crippen LogP contribution in [0.25, 0.3) is 0 Å². The molecule has 3 aliphatic rings. The topological polar surface area (TPSA) is 242 Å². The van der Waals surface area contributed by atoms with E-state index in [0.717, 1.165) is 23.5 Å². The lowest BCUT2D eigenvalue weighted by molar-refractivity contribution is -0.125. The Bertz CT molecular complexity index is 2140. The molecule has 0 saturated carbocycles. The predicted octanol–water partition coefficient (Wildman–Crippen LogP) is 3.33. The molecule has 314 valence electrons. The van der Waals surface area contributed by atoms with Gasteiger partial charge in [-0.15, -0.1) is 22.7 Å². The van der Waals surface area contributed by atoms with Crippen molar-refractivity contribution in [3.8, 4) is 0 Å². The van der Waals surface area contributed by atoms with Gasteiger partial charge in [-0.3, -0.25) is 24.0 Å². The molecule has 0 radical (unpaired) electrons. The minimum absolute atomic E-state index is 0.0610. The van der Waals surface area contributed by atoms with Crippen molar-refractivity contribution in [3.63, 3.8) is 0 Å². The zero-order chi connectivity index (χ0) is 42.2. The predicted molar refractivity (Wildman–Crippen MR) is 235 cm³/mol. The number of nitrogens with one attached hydrogen (secondary N) is 6. The van der Waals surface area contributed by atoms with Gasteiger partial charge in [-0.2, -0.15) is 0 Å². The molecule has 59 heavy (non-hydrogen) atoms. The first-order valence-electron chi connectivity index (χ1n) is 19.2. The maximum atomic E-state index is 12.9. The first-order valence-corrected chi connectivity index (χ1v) is 21.8. The molecule has 0 aliphatic carbocycles. The average Bonchev–Trinajstić information content (AvgIpc) is 3.91. The number of primary amides is 2. The average molecular weight is 910 g/mol. The zero-order valence-electron chi connectivity index (χ0n) is 32.8. The van der Waals surface area contributed by atoms with Gasteiger partial charge in [0.15, 0.2) is 9.05 Å². The molecule has 0 spiro atoms. The molecular formula is C39H49BrN12O5S2. The summed E-state index contributed by atoms with van der Waals surface area (Å²) in [6.45, 7) is 3.16. The lowest BCUT2D eigenvalue weighted by atomic mass is 9.86. The molecule has 4 aromatic rings. The van der Waals surface area contributed by atoms with Crippen LogP contribution in [0.4, 0.5) is 27.9 Å². The van der Waals surface area contributed by atoms with Crippen LogP contribution in [0.5, 0.6) is 0 Å². The van der Waals surface area contributed by atoms with Crippen LogP contribution in [0.15, 0.2) is 63.2 Å². The fourth-order valence-corrected chi connectivity index (χ4v) is 9.17. The van der Waals surface area contributed by atoms with Gasteiger partial charge in [-0.25, -0.2) is 9.97 Å². The largest absolute Gasteiger partial charge is 0.370 e. The normalized spacial score (nSPS) is 18.4. The van der Waals surface area contributed by atoms with Crippen LogP contribution in [-0.4, -0.2) is 103 Å². The third kappa shape index (κ3) is 10.4. The number of nitrogens with two attached hydrogens (primary N) is 2. The van der Waals surface area contributed by atoms with Crippen LogP contribution >= 0.6 is 38.6 Å². The number of likely N-dealkylation sites (N-methyl/N-ethyl adjacent to an activating group) is 2. The number of amides is 5. The number of rotatable bonds is 12. The maximum absolute atomic E-state index is 12.9.